The van der Waals surface area contributed by atoms with Crippen LogP contribution in [0.15, 0.2) is 0 Å². The van der Waals surface area contributed by atoms with Crippen molar-refractivity contribution in [3.8, 4) is 0 Å². The van der Waals surface area contributed by atoms with Crippen LogP contribution in [-0.2, 0) is 19.9 Å². The molecule has 1 N–H and O–H groups in total. The summed E-state index contributed by atoms with van der Waals surface area (Å²) in [7, 11) is -6.46. The van der Waals surface area contributed by atoms with Gasteiger partial charge in [-0.2, -0.15) is 0 Å². The third-order valence-corrected chi connectivity index (χ3v) is 6.77. The van der Waals surface area contributed by atoms with Gasteiger partial charge < -0.3 is 0 Å². The van der Waals surface area contributed by atoms with E-state index in [2.05, 4.69) is 4.72 Å². The van der Waals surface area contributed by atoms with Crippen LogP contribution in [0.3, 0.4) is 0 Å². The number of hydrogen-bond acceptors (Lipinski definition) is 4. The first-order chi connectivity index (χ1) is 5.43. The van der Waals surface area contributed by atoms with Crippen molar-refractivity contribution >= 4 is 19.9 Å². The Labute approximate surface area is 71.1 Å². The molecule has 0 aromatic carbocycles. The maximum atomic E-state index is 11.2. The van der Waals surface area contributed by atoms with Crippen LogP contribution >= 0.6 is 0 Å². The zero-order valence-electron chi connectivity index (χ0n) is 6.23. The van der Waals surface area contributed by atoms with E-state index in [4.69, 9.17) is 0 Å². The average Bonchev–Trinajstić information content (AvgIpc) is 2.36. The molecule has 0 spiro atoms. The fraction of sp³-hybridized carbons (Fsp3) is 1.00. The van der Waals surface area contributed by atoms with Crippen molar-refractivity contribution in [3.05, 3.63) is 0 Å². The molecule has 0 aromatic heterocycles. The number of sulfonamides is 1. The minimum absolute atomic E-state index is 0.0171. The maximum absolute atomic E-state index is 11.2. The molecule has 2 heterocycles. The molecule has 0 aromatic rings. The molecule has 70 valence electrons. The van der Waals surface area contributed by atoms with Crippen molar-refractivity contribution < 1.29 is 16.8 Å². The van der Waals surface area contributed by atoms with Crippen LogP contribution in [0.25, 0.3) is 0 Å². The molecular formula is C5H9NO4S2. The van der Waals surface area contributed by atoms with Crippen molar-refractivity contribution in [1.29, 1.82) is 0 Å². The van der Waals surface area contributed by atoms with E-state index in [1.165, 1.54) is 0 Å². The number of fused-ring (bicyclic) bond motifs is 1. The van der Waals surface area contributed by atoms with Crippen molar-refractivity contribution in [1.82, 2.24) is 4.72 Å². The Kier molecular flexibility index (Phi) is 1.56. The maximum Gasteiger partial charge on any atom is 0.215 e. The van der Waals surface area contributed by atoms with Gasteiger partial charge >= 0.3 is 0 Å². The number of nitrogens with one attached hydrogen (secondary N) is 1. The molecule has 2 atom stereocenters. The summed E-state index contributed by atoms with van der Waals surface area (Å²) in [5.41, 5.74) is 0. The monoisotopic (exact) mass is 211 g/mol. The van der Waals surface area contributed by atoms with Gasteiger partial charge in [-0.1, -0.05) is 0 Å². The summed E-state index contributed by atoms with van der Waals surface area (Å²) in [5, 5.41) is -1.38. The van der Waals surface area contributed by atoms with E-state index in [0.29, 0.717) is 0 Å². The Morgan fingerprint density at radius 2 is 1.75 bits per heavy atom. The summed E-state index contributed by atoms with van der Waals surface area (Å²) in [6, 6.07) is 0. The molecule has 0 radical (unpaired) electrons. The van der Waals surface area contributed by atoms with E-state index in [-0.39, 0.29) is 18.7 Å². The fourth-order valence-corrected chi connectivity index (χ4v) is 6.34. The van der Waals surface area contributed by atoms with E-state index >= 15 is 0 Å². The van der Waals surface area contributed by atoms with Gasteiger partial charge in [-0.15, -0.1) is 0 Å². The smallest absolute Gasteiger partial charge is 0.215 e. The van der Waals surface area contributed by atoms with Gasteiger partial charge in [-0.3, -0.25) is 0 Å². The lowest BCUT2D eigenvalue weighted by Crippen LogP contribution is -2.25. The molecule has 2 fully saturated rings. The lowest BCUT2D eigenvalue weighted by atomic mass is 10.2. The highest BCUT2D eigenvalue weighted by Gasteiger charge is 2.51. The molecule has 0 bridgehead atoms. The lowest BCUT2D eigenvalue weighted by Gasteiger charge is -2.02. The van der Waals surface area contributed by atoms with Crippen molar-refractivity contribution in [3.63, 3.8) is 0 Å². The molecule has 0 aliphatic carbocycles. The van der Waals surface area contributed by atoms with Gasteiger partial charge in [-0.05, 0) is 6.42 Å². The lowest BCUT2D eigenvalue weighted by molar-refractivity contribution is 0.582. The van der Waals surface area contributed by atoms with Crippen LogP contribution in [0.2, 0.25) is 0 Å². The average molecular weight is 211 g/mol. The van der Waals surface area contributed by atoms with Crippen molar-refractivity contribution in [2.24, 2.45) is 0 Å². The number of hydrogen-bond donors (Lipinski definition) is 1. The second-order valence-electron chi connectivity index (χ2n) is 3.13. The summed E-state index contributed by atoms with van der Waals surface area (Å²) in [4.78, 5) is 0. The quantitative estimate of drug-likeness (QED) is 0.527. The minimum Gasteiger partial charge on any atom is -0.228 e. The molecule has 2 aliphatic rings. The Morgan fingerprint density at radius 1 is 1.08 bits per heavy atom. The topological polar surface area (TPSA) is 80.3 Å². The Morgan fingerprint density at radius 3 is 2.33 bits per heavy atom. The molecule has 7 heteroatoms. The SMILES string of the molecule is O=S1(=O)CCC2C1CNS2(=O)=O. The van der Waals surface area contributed by atoms with Gasteiger partial charge in [0.2, 0.25) is 10.0 Å². The molecular weight excluding hydrogens is 202 g/mol. The molecule has 12 heavy (non-hydrogen) atoms. The normalized spacial score (nSPS) is 42.7. The predicted octanol–water partition coefficient (Wildman–Crippen LogP) is -1.52. The van der Waals surface area contributed by atoms with E-state index in [0.717, 1.165) is 0 Å². The molecule has 5 nitrogen and oxygen atoms in total. The third kappa shape index (κ3) is 0.997. The fourth-order valence-electron chi connectivity index (χ4n) is 1.77. The standard InChI is InChI=1S/C5H9NO4S2/c7-11(8)2-1-4-5(11)3-6-12(4,9)10/h4-6H,1-3H2. The number of rotatable bonds is 0. The van der Waals surface area contributed by atoms with Gasteiger partial charge in [0.1, 0.15) is 0 Å². The molecule has 2 saturated heterocycles. The summed E-state index contributed by atoms with van der Waals surface area (Å²) in [6.45, 7) is 0.0648. The van der Waals surface area contributed by atoms with E-state index in [9.17, 15) is 16.8 Å². The van der Waals surface area contributed by atoms with E-state index in [1.54, 1.807) is 0 Å². The number of sulfone groups is 1. The van der Waals surface area contributed by atoms with Crippen LogP contribution < -0.4 is 4.72 Å². The second kappa shape index (κ2) is 2.21. The Bertz CT molecular complexity index is 355. The summed E-state index contributed by atoms with van der Waals surface area (Å²) >= 11 is 0. The van der Waals surface area contributed by atoms with Crippen molar-refractivity contribution in [2.75, 3.05) is 12.3 Å². The zero-order chi connectivity index (χ0) is 8.98. The first-order valence-electron chi connectivity index (χ1n) is 3.63. The highest BCUT2D eigenvalue weighted by Crippen LogP contribution is 2.29. The van der Waals surface area contributed by atoms with Crippen molar-refractivity contribution in [2.45, 2.75) is 16.9 Å². The molecule has 2 aliphatic heterocycles. The molecule has 2 rings (SSSR count). The molecule has 0 amide bonds. The van der Waals surface area contributed by atoms with Gasteiger partial charge in [0, 0.05) is 6.54 Å². The van der Waals surface area contributed by atoms with Crippen LogP contribution in [0.4, 0.5) is 0 Å². The van der Waals surface area contributed by atoms with Gasteiger partial charge in [0.25, 0.3) is 0 Å². The van der Waals surface area contributed by atoms with Gasteiger partial charge in [-0.25, -0.2) is 21.6 Å². The van der Waals surface area contributed by atoms with Gasteiger partial charge in [0.15, 0.2) is 9.84 Å². The molecule has 0 saturated carbocycles. The first kappa shape index (κ1) is 8.46. The largest absolute Gasteiger partial charge is 0.228 e. The van der Waals surface area contributed by atoms with Crippen LogP contribution in [0.5, 0.6) is 0 Å². The second-order valence-corrected chi connectivity index (χ2v) is 7.45. The highest BCUT2D eigenvalue weighted by molar-refractivity contribution is 7.96. The highest BCUT2D eigenvalue weighted by atomic mass is 32.2. The van der Waals surface area contributed by atoms with Crippen LogP contribution in [-0.4, -0.2) is 39.6 Å². The Balaban J connectivity index is 2.48. The van der Waals surface area contributed by atoms with Crippen LogP contribution in [0, 0.1) is 0 Å². The molecule has 2 unspecified atom stereocenters. The minimum atomic E-state index is -3.32. The third-order valence-electron chi connectivity index (χ3n) is 2.45. The van der Waals surface area contributed by atoms with Crippen LogP contribution in [0.1, 0.15) is 6.42 Å². The van der Waals surface area contributed by atoms with E-state index in [1.807, 2.05) is 0 Å². The summed E-state index contributed by atoms with van der Waals surface area (Å²) in [5.74, 6) is 0.0171. The predicted molar refractivity (Wildman–Crippen MR) is 42.9 cm³/mol. The zero-order valence-corrected chi connectivity index (χ0v) is 7.86. The van der Waals surface area contributed by atoms with Gasteiger partial charge in [0.05, 0.1) is 16.3 Å². The first-order valence-corrected chi connectivity index (χ1v) is 6.90. The van der Waals surface area contributed by atoms with E-state index < -0.39 is 30.4 Å². The summed E-state index contributed by atoms with van der Waals surface area (Å²) in [6.07, 6.45) is 0.252. The Hall–Kier alpha value is -0.140. The summed E-state index contributed by atoms with van der Waals surface area (Å²) < 4.78 is 47.0.